The van der Waals surface area contributed by atoms with Crippen LogP contribution in [-0.2, 0) is 16.3 Å². The molecule has 6 heteroatoms. The van der Waals surface area contributed by atoms with Crippen LogP contribution in [0.25, 0.3) is 0 Å². The van der Waals surface area contributed by atoms with Gasteiger partial charge in [0.2, 0.25) is 0 Å². The Morgan fingerprint density at radius 3 is 2.33 bits per heavy atom. The zero-order valence-corrected chi connectivity index (χ0v) is 11.7. The van der Waals surface area contributed by atoms with Crippen LogP contribution in [0.2, 0.25) is 0 Å². The van der Waals surface area contributed by atoms with E-state index in [0.29, 0.717) is 4.90 Å². The van der Waals surface area contributed by atoms with Crippen LogP contribution in [0.1, 0.15) is 5.56 Å². The van der Waals surface area contributed by atoms with Gasteiger partial charge in [0.05, 0.1) is 4.90 Å². The van der Waals surface area contributed by atoms with Crippen LogP contribution in [0.15, 0.2) is 34.2 Å². The average Bonchev–Trinajstić information content (AvgIpc) is 2.34. The Hall–Kier alpha value is -1.56. The maximum absolute atomic E-state index is 11.3. The van der Waals surface area contributed by atoms with E-state index in [1.807, 2.05) is 12.1 Å². The Bertz CT molecular complexity index is 507. The van der Waals surface area contributed by atoms with E-state index in [9.17, 15) is 8.42 Å². The summed E-state index contributed by atoms with van der Waals surface area (Å²) >= 11 is 0. The standard InChI is InChI=1S/C12H19N3O2S/c1-13-12(14-2)15-9-8-10-4-6-11(7-5-10)18(3,16)17/h4-7H,8-9H2,1-3H3,(H2,13,14,15). The lowest BCUT2D eigenvalue weighted by Gasteiger charge is -2.08. The minimum atomic E-state index is -3.11. The molecule has 2 N–H and O–H groups in total. The number of hydrogen-bond acceptors (Lipinski definition) is 3. The molecule has 0 heterocycles. The van der Waals surface area contributed by atoms with Gasteiger partial charge in [-0.25, -0.2) is 8.42 Å². The van der Waals surface area contributed by atoms with Crippen LogP contribution in [-0.4, -0.2) is 41.3 Å². The van der Waals surface area contributed by atoms with Gasteiger partial charge < -0.3 is 10.6 Å². The summed E-state index contributed by atoms with van der Waals surface area (Å²) in [5.74, 6) is 0.739. The van der Waals surface area contributed by atoms with Gasteiger partial charge in [0.15, 0.2) is 15.8 Å². The summed E-state index contributed by atoms with van der Waals surface area (Å²) in [5.41, 5.74) is 1.08. The van der Waals surface area contributed by atoms with E-state index >= 15 is 0 Å². The summed E-state index contributed by atoms with van der Waals surface area (Å²) in [6.07, 6.45) is 2.02. The van der Waals surface area contributed by atoms with E-state index in [1.54, 1.807) is 26.2 Å². The van der Waals surface area contributed by atoms with Crippen molar-refractivity contribution in [2.45, 2.75) is 11.3 Å². The van der Waals surface area contributed by atoms with Crippen molar-refractivity contribution in [2.24, 2.45) is 4.99 Å². The Balaban J connectivity index is 2.55. The molecular formula is C12H19N3O2S. The first-order chi connectivity index (χ1) is 8.47. The predicted molar refractivity (Wildman–Crippen MR) is 73.7 cm³/mol. The lowest BCUT2D eigenvalue weighted by molar-refractivity contribution is 0.602. The zero-order valence-electron chi connectivity index (χ0n) is 10.9. The van der Waals surface area contributed by atoms with E-state index < -0.39 is 9.84 Å². The highest BCUT2D eigenvalue weighted by molar-refractivity contribution is 7.90. The summed E-state index contributed by atoms with van der Waals surface area (Å²) in [4.78, 5) is 4.35. The molecular weight excluding hydrogens is 250 g/mol. The van der Waals surface area contributed by atoms with Crippen molar-refractivity contribution in [2.75, 3.05) is 26.9 Å². The number of guanidine groups is 1. The van der Waals surface area contributed by atoms with Gasteiger partial charge >= 0.3 is 0 Å². The zero-order chi connectivity index (χ0) is 13.6. The average molecular weight is 269 g/mol. The second-order valence-corrected chi connectivity index (χ2v) is 5.93. The fourth-order valence-electron chi connectivity index (χ4n) is 1.51. The predicted octanol–water partition coefficient (Wildman–Crippen LogP) is 0.427. The molecule has 0 radical (unpaired) electrons. The number of nitrogens with zero attached hydrogens (tertiary/aromatic N) is 1. The largest absolute Gasteiger partial charge is 0.359 e. The van der Waals surface area contributed by atoms with E-state index in [1.165, 1.54) is 6.26 Å². The molecule has 0 aliphatic rings. The molecule has 0 bridgehead atoms. The summed E-state index contributed by atoms with van der Waals surface area (Å²) in [6.45, 7) is 0.742. The second kappa shape index (κ2) is 6.39. The molecule has 0 saturated carbocycles. The minimum absolute atomic E-state index is 0.352. The lowest BCUT2D eigenvalue weighted by atomic mass is 10.1. The Kier molecular flexibility index (Phi) is 5.15. The van der Waals surface area contributed by atoms with Crippen LogP contribution < -0.4 is 10.6 Å². The molecule has 0 atom stereocenters. The SMILES string of the molecule is CN=C(NC)NCCc1ccc(S(C)(=O)=O)cc1. The lowest BCUT2D eigenvalue weighted by Crippen LogP contribution is -2.35. The molecule has 100 valence electrons. The quantitative estimate of drug-likeness (QED) is 0.614. The van der Waals surface area contributed by atoms with E-state index in [4.69, 9.17) is 0 Å². The van der Waals surface area contributed by atoms with Crippen LogP contribution >= 0.6 is 0 Å². The molecule has 0 aromatic heterocycles. The minimum Gasteiger partial charge on any atom is -0.359 e. The molecule has 1 aromatic rings. The van der Waals surface area contributed by atoms with Crippen molar-refractivity contribution >= 4 is 15.8 Å². The normalized spacial score (nSPS) is 12.3. The number of sulfone groups is 1. The van der Waals surface area contributed by atoms with Crippen molar-refractivity contribution in [1.82, 2.24) is 10.6 Å². The van der Waals surface area contributed by atoms with Gasteiger partial charge in [0.25, 0.3) is 0 Å². The third-order valence-corrected chi connectivity index (χ3v) is 3.65. The Labute approximate surface area is 108 Å². The fourth-order valence-corrected chi connectivity index (χ4v) is 2.14. The number of rotatable bonds is 4. The monoisotopic (exact) mass is 269 g/mol. The Morgan fingerprint density at radius 2 is 1.89 bits per heavy atom. The smallest absolute Gasteiger partial charge is 0.190 e. The summed E-state index contributed by atoms with van der Waals surface area (Å²) in [6, 6.07) is 6.94. The fraction of sp³-hybridized carbons (Fsp3) is 0.417. The van der Waals surface area contributed by atoms with Crippen molar-refractivity contribution in [3.63, 3.8) is 0 Å². The first kappa shape index (κ1) is 14.5. The second-order valence-electron chi connectivity index (χ2n) is 3.92. The third kappa shape index (κ3) is 4.37. The molecule has 18 heavy (non-hydrogen) atoms. The molecule has 0 spiro atoms. The highest BCUT2D eigenvalue weighted by Crippen LogP contribution is 2.10. The maximum Gasteiger partial charge on any atom is 0.190 e. The van der Waals surface area contributed by atoms with Gasteiger partial charge in [0.1, 0.15) is 0 Å². The van der Waals surface area contributed by atoms with E-state index in [-0.39, 0.29) is 0 Å². The van der Waals surface area contributed by atoms with Crippen molar-refractivity contribution in [3.8, 4) is 0 Å². The van der Waals surface area contributed by atoms with Crippen LogP contribution in [0.5, 0.6) is 0 Å². The summed E-state index contributed by atoms with van der Waals surface area (Å²) in [5, 5.41) is 6.06. The van der Waals surface area contributed by atoms with E-state index in [0.717, 1.165) is 24.5 Å². The van der Waals surface area contributed by atoms with Gasteiger partial charge in [-0.1, -0.05) is 12.1 Å². The van der Waals surface area contributed by atoms with Crippen LogP contribution in [0, 0.1) is 0 Å². The number of nitrogens with one attached hydrogen (secondary N) is 2. The van der Waals surface area contributed by atoms with Crippen molar-refractivity contribution in [1.29, 1.82) is 0 Å². The topological polar surface area (TPSA) is 70.6 Å². The number of hydrogen-bond donors (Lipinski definition) is 2. The van der Waals surface area contributed by atoms with Gasteiger partial charge in [-0.15, -0.1) is 0 Å². The van der Waals surface area contributed by atoms with E-state index in [2.05, 4.69) is 15.6 Å². The molecule has 1 rings (SSSR count). The Morgan fingerprint density at radius 1 is 1.28 bits per heavy atom. The highest BCUT2D eigenvalue weighted by Gasteiger charge is 2.05. The van der Waals surface area contributed by atoms with Gasteiger partial charge in [-0.05, 0) is 24.1 Å². The first-order valence-corrected chi connectivity index (χ1v) is 7.54. The van der Waals surface area contributed by atoms with Gasteiger partial charge in [-0.2, -0.15) is 0 Å². The van der Waals surface area contributed by atoms with Crippen LogP contribution in [0.4, 0.5) is 0 Å². The molecule has 0 aliphatic heterocycles. The summed E-state index contributed by atoms with van der Waals surface area (Å²) < 4.78 is 22.6. The van der Waals surface area contributed by atoms with Crippen LogP contribution in [0.3, 0.4) is 0 Å². The molecule has 0 saturated heterocycles. The molecule has 0 amide bonds. The third-order valence-electron chi connectivity index (χ3n) is 2.52. The molecule has 5 nitrogen and oxygen atoms in total. The number of benzene rings is 1. The molecule has 0 aliphatic carbocycles. The molecule has 0 fully saturated rings. The number of aliphatic imine (C=N–C) groups is 1. The molecule has 1 aromatic carbocycles. The summed E-state index contributed by atoms with van der Waals surface area (Å²) in [7, 11) is 0.404. The van der Waals surface area contributed by atoms with Crippen molar-refractivity contribution < 1.29 is 8.42 Å². The van der Waals surface area contributed by atoms with Gasteiger partial charge in [0, 0.05) is 26.9 Å². The first-order valence-electron chi connectivity index (χ1n) is 5.65. The van der Waals surface area contributed by atoms with Gasteiger partial charge in [-0.3, -0.25) is 4.99 Å². The molecule has 0 unspecified atom stereocenters. The highest BCUT2D eigenvalue weighted by atomic mass is 32.2. The van der Waals surface area contributed by atoms with Crippen molar-refractivity contribution in [3.05, 3.63) is 29.8 Å². The maximum atomic E-state index is 11.3.